The zero-order valence-electron chi connectivity index (χ0n) is 11.1. The Morgan fingerprint density at radius 2 is 1.90 bits per heavy atom. The number of anilines is 1. The third-order valence-electron chi connectivity index (χ3n) is 2.28. The highest BCUT2D eigenvalue weighted by molar-refractivity contribution is 7.92. The molecule has 118 valence electrons. The highest BCUT2D eigenvalue weighted by atomic mass is 32.2. The van der Waals surface area contributed by atoms with E-state index in [0.29, 0.717) is 10.4 Å². The second-order valence-electron chi connectivity index (χ2n) is 4.17. The molecule has 0 radical (unpaired) electrons. The molecule has 1 aromatic rings. The lowest BCUT2D eigenvalue weighted by Gasteiger charge is -2.15. The predicted octanol–water partition coefficient (Wildman–Crippen LogP) is -0.0977. The van der Waals surface area contributed by atoms with Crippen LogP contribution in [0.1, 0.15) is 0 Å². The summed E-state index contributed by atoms with van der Waals surface area (Å²) in [5, 5.41) is 8.56. The molecule has 0 aliphatic rings. The van der Waals surface area contributed by atoms with Gasteiger partial charge in [0.05, 0.1) is 11.9 Å². The van der Waals surface area contributed by atoms with Crippen LogP contribution in [0.2, 0.25) is 0 Å². The van der Waals surface area contributed by atoms with E-state index in [9.17, 15) is 26.0 Å². The van der Waals surface area contributed by atoms with Gasteiger partial charge in [-0.3, -0.25) is 9.52 Å². The van der Waals surface area contributed by atoms with Crippen LogP contribution < -0.4 is 4.72 Å². The van der Waals surface area contributed by atoms with Crippen molar-refractivity contribution in [2.24, 2.45) is 0 Å². The summed E-state index contributed by atoms with van der Waals surface area (Å²) in [5.74, 6) is -2.59. The fraction of sp³-hybridized carbons (Fsp3) is 0.300. The highest BCUT2D eigenvalue weighted by Gasteiger charge is 2.26. The van der Waals surface area contributed by atoms with Gasteiger partial charge in [0.2, 0.25) is 20.0 Å². The van der Waals surface area contributed by atoms with Gasteiger partial charge in [0.1, 0.15) is 17.3 Å². The molecule has 0 aromatic heterocycles. The molecule has 0 atom stereocenters. The molecule has 0 fully saturated rings. The first-order chi connectivity index (χ1) is 9.43. The van der Waals surface area contributed by atoms with Crippen LogP contribution in [-0.2, 0) is 24.8 Å². The van der Waals surface area contributed by atoms with E-state index in [-0.39, 0.29) is 5.69 Å². The van der Waals surface area contributed by atoms with E-state index in [2.05, 4.69) is 0 Å². The second-order valence-corrected chi connectivity index (χ2v) is 7.94. The summed E-state index contributed by atoms with van der Waals surface area (Å²) >= 11 is 0. The van der Waals surface area contributed by atoms with Crippen molar-refractivity contribution in [2.75, 3.05) is 24.6 Å². The van der Waals surface area contributed by atoms with Crippen LogP contribution >= 0.6 is 0 Å². The van der Waals surface area contributed by atoms with Gasteiger partial charge >= 0.3 is 5.97 Å². The Hall–Kier alpha value is -1.72. The standard InChI is InChI=1S/C10H13FN2O6S2/c1-13(6-10(14)15)21(18,19)9-4-3-7(5-8(9)11)12-20(2,16)17/h3-5,12H,6H2,1-2H3,(H,14,15). The van der Waals surface area contributed by atoms with E-state index in [4.69, 9.17) is 5.11 Å². The molecule has 1 aromatic carbocycles. The Kier molecular flexibility index (Phi) is 4.91. The molecule has 0 aliphatic heterocycles. The third-order valence-corrected chi connectivity index (χ3v) is 4.72. The molecule has 0 saturated carbocycles. The molecule has 2 N–H and O–H groups in total. The SMILES string of the molecule is CN(CC(=O)O)S(=O)(=O)c1ccc(NS(C)(=O)=O)cc1F. The summed E-state index contributed by atoms with van der Waals surface area (Å²) in [7, 11) is -6.96. The number of rotatable bonds is 6. The number of halogens is 1. The van der Waals surface area contributed by atoms with Gasteiger partial charge < -0.3 is 5.11 Å². The zero-order valence-corrected chi connectivity index (χ0v) is 12.7. The van der Waals surface area contributed by atoms with Crippen molar-refractivity contribution >= 4 is 31.7 Å². The fourth-order valence-corrected chi connectivity index (χ4v) is 3.15. The van der Waals surface area contributed by atoms with Gasteiger partial charge in [-0.2, -0.15) is 4.31 Å². The van der Waals surface area contributed by atoms with Gasteiger partial charge in [-0.25, -0.2) is 21.2 Å². The number of nitrogens with one attached hydrogen (secondary N) is 1. The smallest absolute Gasteiger partial charge is 0.318 e. The number of benzene rings is 1. The van der Waals surface area contributed by atoms with E-state index >= 15 is 0 Å². The number of carbonyl (C=O) groups is 1. The van der Waals surface area contributed by atoms with Crippen molar-refractivity contribution in [3.05, 3.63) is 24.0 Å². The van der Waals surface area contributed by atoms with Crippen molar-refractivity contribution in [3.63, 3.8) is 0 Å². The maximum atomic E-state index is 13.8. The Balaban J connectivity index is 3.18. The summed E-state index contributed by atoms with van der Waals surface area (Å²) in [6.07, 6.45) is 0.857. The minimum atomic E-state index is -4.32. The topological polar surface area (TPSA) is 121 Å². The summed E-state index contributed by atoms with van der Waals surface area (Å²) < 4.78 is 62.2. The molecule has 0 amide bonds. The first-order valence-corrected chi connectivity index (χ1v) is 8.72. The minimum Gasteiger partial charge on any atom is -0.480 e. The maximum Gasteiger partial charge on any atom is 0.318 e. The molecular formula is C10H13FN2O6S2. The molecule has 0 spiro atoms. The lowest BCUT2D eigenvalue weighted by molar-refractivity contribution is -0.137. The normalized spacial score (nSPS) is 12.4. The van der Waals surface area contributed by atoms with Crippen LogP contribution in [0.25, 0.3) is 0 Å². The Morgan fingerprint density at radius 3 is 2.33 bits per heavy atom. The van der Waals surface area contributed by atoms with Crippen LogP contribution in [0.4, 0.5) is 10.1 Å². The molecule has 1 rings (SSSR count). The quantitative estimate of drug-likeness (QED) is 0.746. The van der Waals surface area contributed by atoms with Gasteiger partial charge in [0.25, 0.3) is 0 Å². The first kappa shape index (κ1) is 17.3. The predicted molar refractivity (Wildman–Crippen MR) is 72.3 cm³/mol. The van der Waals surface area contributed by atoms with Crippen LogP contribution in [0.3, 0.4) is 0 Å². The molecule has 0 aliphatic carbocycles. The maximum absolute atomic E-state index is 13.8. The highest BCUT2D eigenvalue weighted by Crippen LogP contribution is 2.22. The number of carboxylic acid groups (broad SMARTS) is 1. The summed E-state index contributed by atoms with van der Waals surface area (Å²) in [5.41, 5.74) is -0.144. The average molecular weight is 340 g/mol. The monoisotopic (exact) mass is 340 g/mol. The lowest BCUT2D eigenvalue weighted by Crippen LogP contribution is -2.32. The van der Waals surface area contributed by atoms with Crippen LogP contribution in [0.5, 0.6) is 0 Å². The van der Waals surface area contributed by atoms with Gasteiger partial charge in [-0.05, 0) is 18.2 Å². The summed E-state index contributed by atoms with van der Waals surface area (Å²) in [4.78, 5) is 9.76. The van der Waals surface area contributed by atoms with Crippen molar-refractivity contribution in [1.82, 2.24) is 4.31 Å². The van der Waals surface area contributed by atoms with Crippen LogP contribution in [0, 0.1) is 5.82 Å². The average Bonchev–Trinajstić information content (AvgIpc) is 2.25. The summed E-state index contributed by atoms with van der Waals surface area (Å²) in [6, 6.07) is 2.62. The molecule has 11 heteroatoms. The molecule has 8 nitrogen and oxygen atoms in total. The molecule has 0 bridgehead atoms. The largest absolute Gasteiger partial charge is 0.480 e. The van der Waals surface area contributed by atoms with Crippen molar-refractivity contribution in [1.29, 1.82) is 0 Å². The van der Waals surface area contributed by atoms with Crippen molar-refractivity contribution < 1.29 is 31.1 Å². The van der Waals surface area contributed by atoms with E-state index in [0.717, 1.165) is 25.4 Å². The minimum absolute atomic E-state index is 0.144. The number of sulfonamides is 2. The third kappa shape index (κ3) is 4.65. The molecule has 0 heterocycles. The number of hydrogen-bond donors (Lipinski definition) is 2. The van der Waals surface area contributed by atoms with E-state index in [1.165, 1.54) is 0 Å². The van der Waals surface area contributed by atoms with E-state index < -0.39 is 43.3 Å². The van der Waals surface area contributed by atoms with E-state index in [1.54, 1.807) is 0 Å². The Bertz CT molecular complexity index is 760. The molecule has 0 saturated heterocycles. The number of nitrogens with zero attached hydrogens (tertiary/aromatic N) is 1. The molecular weight excluding hydrogens is 327 g/mol. The fourth-order valence-electron chi connectivity index (χ4n) is 1.43. The van der Waals surface area contributed by atoms with Crippen LogP contribution in [0.15, 0.2) is 23.1 Å². The first-order valence-electron chi connectivity index (χ1n) is 5.39. The Labute approximate surface area is 121 Å². The number of aliphatic carboxylic acids is 1. The second kappa shape index (κ2) is 5.95. The number of hydrogen-bond acceptors (Lipinski definition) is 5. The number of likely N-dealkylation sites (N-methyl/N-ethyl adjacent to an activating group) is 1. The summed E-state index contributed by atoms with van der Waals surface area (Å²) in [6.45, 7) is -0.828. The molecule has 0 unspecified atom stereocenters. The number of carboxylic acids is 1. The van der Waals surface area contributed by atoms with Gasteiger partial charge in [0, 0.05) is 7.05 Å². The van der Waals surface area contributed by atoms with Gasteiger partial charge in [0.15, 0.2) is 0 Å². The van der Waals surface area contributed by atoms with Crippen LogP contribution in [-0.4, -0.2) is 52.1 Å². The molecule has 21 heavy (non-hydrogen) atoms. The zero-order chi connectivity index (χ0) is 16.4. The van der Waals surface area contributed by atoms with Crippen molar-refractivity contribution in [3.8, 4) is 0 Å². The van der Waals surface area contributed by atoms with Gasteiger partial charge in [-0.1, -0.05) is 0 Å². The van der Waals surface area contributed by atoms with Crippen molar-refractivity contribution in [2.45, 2.75) is 4.90 Å². The van der Waals surface area contributed by atoms with Gasteiger partial charge in [-0.15, -0.1) is 0 Å². The lowest BCUT2D eigenvalue weighted by atomic mass is 10.3. The Morgan fingerprint density at radius 1 is 1.33 bits per heavy atom. The van der Waals surface area contributed by atoms with E-state index in [1.807, 2.05) is 4.72 Å².